The Morgan fingerprint density at radius 3 is 2.77 bits per heavy atom. The predicted molar refractivity (Wildman–Crippen MR) is 84.3 cm³/mol. The van der Waals surface area contributed by atoms with Crippen LogP contribution < -0.4 is 4.90 Å². The lowest BCUT2D eigenvalue weighted by Crippen LogP contribution is -2.35. The van der Waals surface area contributed by atoms with Gasteiger partial charge in [-0.25, -0.2) is 0 Å². The van der Waals surface area contributed by atoms with Crippen molar-refractivity contribution >= 4 is 17.3 Å². The lowest BCUT2D eigenvalue weighted by Gasteiger charge is -2.29. The first kappa shape index (κ1) is 14.3. The van der Waals surface area contributed by atoms with Crippen molar-refractivity contribution in [3.05, 3.63) is 69.3 Å². The molecular formula is C17H16N2O3. The zero-order valence-corrected chi connectivity index (χ0v) is 12.3. The monoisotopic (exact) mass is 296 g/mol. The quantitative estimate of drug-likeness (QED) is 0.629. The maximum absolute atomic E-state index is 12.8. The fourth-order valence-corrected chi connectivity index (χ4v) is 2.90. The van der Waals surface area contributed by atoms with Gasteiger partial charge < -0.3 is 4.90 Å². The molecule has 0 spiro atoms. The second-order valence-electron chi connectivity index (χ2n) is 5.47. The maximum Gasteiger partial charge on any atom is 0.282 e. The van der Waals surface area contributed by atoms with Gasteiger partial charge in [0.2, 0.25) is 0 Å². The van der Waals surface area contributed by atoms with E-state index in [1.807, 2.05) is 19.1 Å². The van der Waals surface area contributed by atoms with Gasteiger partial charge in [0.1, 0.15) is 5.56 Å². The number of nitro groups is 1. The number of rotatable bonds is 2. The number of hydrogen-bond donors (Lipinski definition) is 0. The molecule has 0 saturated carbocycles. The van der Waals surface area contributed by atoms with E-state index in [9.17, 15) is 14.9 Å². The van der Waals surface area contributed by atoms with E-state index in [1.165, 1.54) is 12.1 Å². The molecule has 1 amide bonds. The van der Waals surface area contributed by atoms with Gasteiger partial charge in [0, 0.05) is 18.3 Å². The Morgan fingerprint density at radius 1 is 1.23 bits per heavy atom. The minimum atomic E-state index is -0.507. The lowest BCUT2D eigenvalue weighted by atomic mass is 9.98. The fraction of sp³-hybridized carbons (Fsp3) is 0.235. The Labute approximate surface area is 128 Å². The van der Waals surface area contributed by atoms with E-state index >= 15 is 0 Å². The molecule has 1 heterocycles. The average Bonchev–Trinajstić information content (AvgIpc) is 2.53. The summed E-state index contributed by atoms with van der Waals surface area (Å²) >= 11 is 0. The smallest absolute Gasteiger partial charge is 0.282 e. The van der Waals surface area contributed by atoms with Gasteiger partial charge in [0.25, 0.3) is 11.6 Å². The third kappa shape index (κ3) is 2.45. The standard InChI is InChI=1S/C17H16N2O3/c1-12-8-9-15-13(11-12)5-4-10-18(15)17(20)14-6-2-3-7-16(14)19(21)22/h2-3,6-9,11H,4-5,10H2,1H3. The second kappa shape index (κ2) is 5.60. The minimum Gasteiger partial charge on any atom is -0.308 e. The molecular weight excluding hydrogens is 280 g/mol. The molecule has 0 saturated heterocycles. The molecule has 112 valence electrons. The molecule has 5 heteroatoms. The Kier molecular flexibility index (Phi) is 3.63. The molecule has 0 bridgehead atoms. The molecule has 0 radical (unpaired) electrons. The molecule has 1 aliphatic heterocycles. The van der Waals surface area contributed by atoms with Crippen molar-refractivity contribution in [1.82, 2.24) is 0 Å². The zero-order chi connectivity index (χ0) is 15.7. The van der Waals surface area contributed by atoms with Gasteiger partial charge in [-0.05, 0) is 37.5 Å². The Hall–Kier alpha value is -2.69. The lowest BCUT2D eigenvalue weighted by molar-refractivity contribution is -0.385. The summed E-state index contributed by atoms with van der Waals surface area (Å²) in [5.74, 6) is -0.308. The summed E-state index contributed by atoms with van der Waals surface area (Å²) in [6.07, 6.45) is 1.79. The molecule has 0 unspecified atom stereocenters. The van der Waals surface area contributed by atoms with E-state index in [1.54, 1.807) is 17.0 Å². The van der Waals surface area contributed by atoms with Crippen LogP contribution >= 0.6 is 0 Å². The van der Waals surface area contributed by atoms with E-state index in [-0.39, 0.29) is 17.2 Å². The third-order valence-electron chi connectivity index (χ3n) is 3.93. The van der Waals surface area contributed by atoms with Gasteiger partial charge in [-0.2, -0.15) is 0 Å². The van der Waals surface area contributed by atoms with Crippen molar-refractivity contribution in [2.75, 3.05) is 11.4 Å². The first-order valence-electron chi connectivity index (χ1n) is 7.23. The summed E-state index contributed by atoms with van der Waals surface area (Å²) < 4.78 is 0. The molecule has 5 nitrogen and oxygen atoms in total. The first-order valence-corrected chi connectivity index (χ1v) is 7.23. The number of hydrogen-bond acceptors (Lipinski definition) is 3. The summed E-state index contributed by atoms with van der Waals surface area (Å²) in [6.45, 7) is 2.60. The highest BCUT2D eigenvalue weighted by molar-refractivity contribution is 6.09. The molecule has 0 aromatic heterocycles. The average molecular weight is 296 g/mol. The molecule has 2 aromatic rings. The molecule has 0 atom stereocenters. The number of nitro benzene ring substituents is 1. The Balaban J connectivity index is 2.03. The molecule has 1 aliphatic rings. The van der Waals surface area contributed by atoms with Crippen molar-refractivity contribution in [2.45, 2.75) is 19.8 Å². The van der Waals surface area contributed by atoms with E-state index in [0.717, 1.165) is 29.7 Å². The molecule has 22 heavy (non-hydrogen) atoms. The van der Waals surface area contributed by atoms with Crippen molar-refractivity contribution < 1.29 is 9.72 Å². The van der Waals surface area contributed by atoms with Crippen molar-refractivity contribution in [3.8, 4) is 0 Å². The molecule has 2 aromatic carbocycles. The fourth-order valence-electron chi connectivity index (χ4n) is 2.90. The number of nitrogens with zero attached hydrogens (tertiary/aromatic N) is 2. The predicted octanol–water partition coefficient (Wildman–Crippen LogP) is 3.50. The number of benzene rings is 2. The van der Waals surface area contributed by atoms with Gasteiger partial charge in [-0.3, -0.25) is 14.9 Å². The number of carbonyl (C=O) groups is 1. The zero-order valence-electron chi connectivity index (χ0n) is 12.3. The second-order valence-corrected chi connectivity index (χ2v) is 5.47. The van der Waals surface area contributed by atoms with Crippen molar-refractivity contribution in [1.29, 1.82) is 0 Å². The van der Waals surface area contributed by atoms with Crippen LogP contribution in [0, 0.1) is 17.0 Å². The third-order valence-corrected chi connectivity index (χ3v) is 3.93. The van der Waals surface area contributed by atoms with Crippen LogP contribution in [0.5, 0.6) is 0 Å². The number of fused-ring (bicyclic) bond motifs is 1. The molecule has 0 aliphatic carbocycles. The van der Waals surface area contributed by atoms with Crippen LogP contribution in [0.1, 0.15) is 27.9 Å². The Morgan fingerprint density at radius 2 is 2.00 bits per heavy atom. The number of carbonyl (C=O) groups excluding carboxylic acids is 1. The minimum absolute atomic E-state index is 0.140. The number of para-hydroxylation sites is 1. The van der Waals surface area contributed by atoms with Crippen molar-refractivity contribution in [2.24, 2.45) is 0 Å². The van der Waals surface area contributed by atoms with Crippen molar-refractivity contribution in [3.63, 3.8) is 0 Å². The molecule has 0 N–H and O–H groups in total. The van der Waals surface area contributed by atoms with E-state index in [0.29, 0.717) is 6.54 Å². The van der Waals surface area contributed by atoms with Gasteiger partial charge in [0.15, 0.2) is 0 Å². The van der Waals surface area contributed by atoms with Gasteiger partial charge in [-0.1, -0.05) is 29.8 Å². The largest absolute Gasteiger partial charge is 0.308 e. The summed E-state index contributed by atoms with van der Waals surface area (Å²) in [6, 6.07) is 12.1. The van der Waals surface area contributed by atoms with Gasteiger partial charge in [-0.15, -0.1) is 0 Å². The van der Waals surface area contributed by atoms with Crippen LogP contribution in [0.4, 0.5) is 11.4 Å². The van der Waals surface area contributed by atoms with Crippen LogP contribution in [0.3, 0.4) is 0 Å². The van der Waals surface area contributed by atoms with E-state index in [2.05, 4.69) is 6.07 Å². The van der Waals surface area contributed by atoms with E-state index in [4.69, 9.17) is 0 Å². The highest BCUT2D eigenvalue weighted by Gasteiger charge is 2.28. The van der Waals surface area contributed by atoms with Crippen LogP contribution in [0.2, 0.25) is 0 Å². The summed E-state index contributed by atoms with van der Waals surface area (Å²) in [5.41, 5.74) is 3.13. The van der Waals surface area contributed by atoms with E-state index < -0.39 is 4.92 Å². The summed E-state index contributed by atoms with van der Waals surface area (Å²) in [7, 11) is 0. The first-order chi connectivity index (χ1) is 10.6. The van der Waals surface area contributed by atoms with Gasteiger partial charge in [0.05, 0.1) is 4.92 Å². The van der Waals surface area contributed by atoms with Crippen LogP contribution in [0.15, 0.2) is 42.5 Å². The molecule has 0 fully saturated rings. The topological polar surface area (TPSA) is 63.5 Å². The normalized spacial score (nSPS) is 13.6. The summed E-state index contributed by atoms with van der Waals surface area (Å²) in [5, 5.41) is 11.1. The summed E-state index contributed by atoms with van der Waals surface area (Å²) in [4.78, 5) is 25.1. The highest BCUT2D eigenvalue weighted by atomic mass is 16.6. The number of anilines is 1. The highest BCUT2D eigenvalue weighted by Crippen LogP contribution is 2.30. The SMILES string of the molecule is Cc1ccc2c(c1)CCCN2C(=O)c1ccccc1[N+](=O)[O-]. The Bertz CT molecular complexity index is 755. The maximum atomic E-state index is 12.8. The van der Waals surface area contributed by atoms with Gasteiger partial charge >= 0.3 is 0 Å². The number of amides is 1. The van der Waals surface area contributed by atoms with Crippen LogP contribution in [-0.2, 0) is 6.42 Å². The molecule has 3 rings (SSSR count). The van der Waals surface area contributed by atoms with Crippen LogP contribution in [-0.4, -0.2) is 17.4 Å². The number of aryl methyl sites for hydroxylation is 2. The van der Waals surface area contributed by atoms with Crippen LogP contribution in [0.25, 0.3) is 0 Å².